The van der Waals surface area contributed by atoms with Gasteiger partial charge >= 0.3 is 0 Å². The van der Waals surface area contributed by atoms with Gasteiger partial charge in [0.25, 0.3) is 5.91 Å². The van der Waals surface area contributed by atoms with Crippen LogP contribution in [-0.4, -0.2) is 92.7 Å². The average Bonchev–Trinajstić information content (AvgIpc) is 3.43. The van der Waals surface area contributed by atoms with Crippen molar-refractivity contribution in [3.05, 3.63) is 35.9 Å². The number of anilines is 3. The summed E-state index contributed by atoms with van der Waals surface area (Å²) in [6.07, 6.45) is 4.79. The Bertz CT molecular complexity index is 922. The lowest BCUT2D eigenvalue weighted by Crippen LogP contribution is -2.37. The first-order chi connectivity index (χ1) is 17.8. The van der Waals surface area contributed by atoms with Crippen LogP contribution in [-0.2, 0) is 14.2 Å². The lowest BCUT2D eigenvalue weighted by atomic mass is 10.2. The van der Waals surface area contributed by atoms with Crippen molar-refractivity contribution in [3.8, 4) is 0 Å². The van der Waals surface area contributed by atoms with Crippen LogP contribution in [0.25, 0.3) is 0 Å². The molecule has 2 heterocycles. The minimum atomic E-state index is -0.0989. The number of ether oxygens (including phenoxy) is 3. The van der Waals surface area contributed by atoms with Gasteiger partial charge < -0.3 is 35.1 Å². The topological polar surface area (TPSA) is 123 Å². The lowest BCUT2D eigenvalue weighted by molar-refractivity contribution is 0.0519. The number of nitrogens with one attached hydrogen (secondary N) is 3. The van der Waals surface area contributed by atoms with E-state index in [1.165, 1.54) is 12.8 Å². The van der Waals surface area contributed by atoms with Gasteiger partial charge in [-0.05, 0) is 25.0 Å². The summed E-state index contributed by atoms with van der Waals surface area (Å²) in [5.41, 5.74) is 0.644. The van der Waals surface area contributed by atoms with Crippen molar-refractivity contribution < 1.29 is 19.0 Å². The Hall–Kier alpha value is -3.02. The van der Waals surface area contributed by atoms with Gasteiger partial charge in [-0.1, -0.05) is 31.0 Å². The Balaban J connectivity index is 1.12. The average molecular weight is 500 g/mol. The van der Waals surface area contributed by atoms with E-state index in [4.69, 9.17) is 14.2 Å². The molecule has 0 bridgehead atoms. The molecule has 3 N–H and O–H groups in total. The van der Waals surface area contributed by atoms with E-state index in [-0.39, 0.29) is 5.91 Å². The summed E-state index contributed by atoms with van der Waals surface area (Å²) in [4.78, 5) is 28.0. The zero-order valence-electron chi connectivity index (χ0n) is 20.8. The van der Waals surface area contributed by atoms with Crippen LogP contribution in [0.3, 0.4) is 0 Å². The number of morpholine rings is 1. The largest absolute Gasteiger partial charge is 0.378 e. The zero-order chi connectivity index (χ0) is 24.8. The van der Waals surface area contributed by atoms with Gasteiger partial charge in [-0.3, -0.25) is 4.79 Å². The number of amides is 1. The van der Waals surface area contributed by atoms with Crippen molar-refractivity contribution in [1.82, 2.24) is 20.3 Å². The standard InChI is InChI=1S/C25H37N7O4/c33-22(20-6-2-1-3-7-20)26-10-14-34-18-19-35-15-11-27-23-29-24(28-21-8-4-5-9-21)31-25(30-23)32-12-16-36-17-13-32/h1-3,6-7,21H,4-5,8-19H2,(H,26,33)(H2,27,28,29,30,31). The summed E-state index contributed by atoms with van der Waals surface area (Å²) in [6, 6.07) is 9.56. The minimum Gasteiger partial charge on any atom is -0.378 e. The fourth-order valence-corrected chi connectivity index (χ4v) is 4.15. The Kier molecular flexibility index (Phi) is 10.5. The number of hydrogen-bond acceptors (Lipinski definition) is 10. The second kappa shape index (κ2) is 14.5. The molecule has 0 unspecified atom stereocenters. The van der Waals surface area contributed by atoms with E-state index in [0.29, 0.717) is 82.2 Å². The van der Waals surface area contributed by atoms with E-state index in [0.717, 1.165) is 25.9 Å². The van der Waals surface area contributed by atoms with Crippen molar-refractivity contribution in [2.24, 2.45) is 0 Å². The highest BCUT2D eigenvalue weighted by Gasteiger charge is 2.20. The van der Waals surface area contributed by atoms with Gasteiger partial charge in [-0.2, -0.15) is 15.0 Å². The molecule has 2 aliphatic rings. The molecule has 0 spiro atoms. The van der Waals surface area contributed by atoms with E-state index < -0.39 is 0 Å². The van der Waals surface area contributed by atoms with Crippen LogP contribution >= 0.6 is 0 Å². The van der Waals surface area contributed by atoms with Gasteiger partial charge in [-0.25, -0.2) is 0 Å². The lowest BCUT2D eigenvalue weighted by Gasteiger charge is -2.27. The molecule has 2 aromatic rings. The SMILES string of the molecule is O=C(NCCOCCOCCNc1nc(NC2CCCC2)nc(N2CCOCC2)n1)c1ccccc1. The van der Waals surface area contributed by atoms with E-state index in [9.17, 15) is 4.79 Å². The molecule has 1 aliphatic heterocycles. The first kappa shape index (κ1) is 26.1. The molecule has 1 saturated carbocycles. The number of rotatable bonds is 14. The maximum Gasteiger partial charge on any atom is 0.251 e. The molecular weight excluding hydrogens is 462 g/mol. The van der Waals surface area contributed by atoms with Crippen molar-refractivity contribution in [2.45, 2.75) is 31.7 Å². The van der Waals surface area contributed by atoms with Crippen LogP contribution in [0.15, 0.2) is 30.3 Å². The predicted molar refractivity (Wildman–Crippen MR) is 138 cm³/mol. The summed E-state index contributed by atoms with van der Waals surface area (Å²) < 4.78 is 16.6. The molecule has 1 aliphatic carbocycles. The van der Waals surface area contributed by atoms with Crippen molar-refractivity contribution in [2.75, 3.05) is 81.4 Å². The molecule has 4 rings (SSSR count). The summed E-state index contributed by atoms with van der Waals surface area (Å²) >= 11 is 0. The number of benzene rings is 1. The van der Waals surface area contributed by atoms with Crippen molar-refractivity contribution in [1.29, 1.82) is 0 Å². The zero-order valence-corrected chi connectivity index (χ0v) is 20.8. The van der Waals surface area contributed by atoms with E-state index >= 15 is 0 Å². The first-order valence-corrected chi connectivity index (χ1v) is 12.9. The van der Waals surface area contributed by atoms with Gasteiger partial charge in [0.15, 0.2) is 0 Å². The summed E-state index contributed by atoms with van der Waals surface area (Å²) in [5.74, 6) is 1.73. The van der Waals surface area contributed by atoms with Crippen LogP contribution in [0.1, 0.15) is 36.0 Å². The highest BCUT2D eigenvalue weighted by atomic mass is 16.5. The van der Waals surface area contributed by atoms with Crippen LogP contribution in [0.5, 0.6) is 0 Å². The highest BCUT2D eigenvalue weighted by molar-refractivity contribution is 5.94. The number of carbonyl (C=O) groups excluding carboxylic acids is 1. The van der Waals surface area contributed by atoms with Crippen molar-refractivity contribution in [3.63, 3.8) is 0 Å². The highest BCUT2D eigenvalue weighted by Crippen LogP contribution is 2.22. The Morgan fingerprint density at radius 3 is 2.36 bits per heavy atom. The summed E-state index contributed by atoms with van der Waals surface area (Å²) in [7, 11) is 0. The van der Waals surface area contributed by atoms with Gasteiger partial charge in [0.05, 0.1) is 39.6 Å². The van der Waals surface area contributed by atoms with Crippen LogP contribution in [0.2, 0.25) is 0 Å². The quantitative estimate of drug-likeness (QED) is 0.332. The first-order valence-electron chi connectivity index (χ1n) is 12.9. The molecular formula is C25H37N7O4. The molecule has 36 heavy (non-hydrogen) atoms. The van der Waals surface area contributed by atoms with Crippen LogP contribution in [0, 0.1) is 0 Å². The van der Waals surface area contributed by atoms with E-state index in [2.05, 4.69) is 35.8 Å². The Labute approximate surface area is 212 Å². The fraction of sp³-hybridized carbons (Fsp3) is 0.600. The van der Waals surface area contributed by atoms with Gasteiger partial charge in [0.2, 0.25) is 17.8 Å². The minimum absolute atomic E-state index is 0.0989. The third kappa shape index (κ3) is 8.58. The van der Waals surface area contributed by atoms with E-state index in [1.54, 1.807) is 12.1 Å². The predicted octanol–water partition coefficient (Wildman–Crippen LogP) is 1.94. The third-order valence-electron chi connectivity index (χ3n) is 6.08. The number of carbonyl (C=O) groups is 1. The second-order valence-electron chi connectivity index (χ2n) is 8.78. The van der Waals surface area contributed by atoms with Crippen molar-refractivity contribution >= 4 is 23.8 Å². The number of aromatic nitrogens is 3. The Morgan fingerprint density at radius 2 is 1.61 bits per heavy atom. The Morgan fingerprint density at radius 1 is 0.917 bits per heavy atom. The van der Waals surface area contributed by atoms with Crippen LogP contribution in [0.4, 0.5) is 17.8 Å². The summed E-state index contributed by atoms with van der Waals surface area (Å²) in [5, 5.41) is 9.57. The molecule has 1 saturated heterocycles. The molecule has 1 aromatic carbocycles. The third-order valence-corrected chi connectivity index (χ3v) is 6.08. The van der Waals surface area contributed by atoms with Gasteiger partial charge in [0, 0.05) is 37.8 Å². The molecule has 196 valence electrons. The molecule has 2 fully saturated rings. The van der Waals surface area contributed by atoms with Gasteiger partial charge in [0.1, 0.15) is 0 Å². The normalized spacial score (nSPS) is 16.2. The van der Waals surface area contributed by atoms with Gasteiger partial charge in [-0.15, -0.1) is 0 Å². The molecule has 1 aromatic heterocycles. The smallest absolute Gasteiger partial charge is 0.251 e. The summed E-state index contributed by atoms with van der Waals surface area (Å²) in [6.45, 7) is 5.79. The monoisotopic (exact) mass is 499 g/mol. The molecule has 0 radical (unpaired) electrons. The fourth-order valence-electron chi connectivity index (χ4n) is 4.15. The second-order valence-corrected chi connectivity index (χ2v) is 8.78. The number of hydrogen-bond donors (Lipinski definition) is 3. The maximum absolute atomic E-state index is 12.0. The number of nitrogens with zero attached hydrogens (tertiary/aromatic N) is 4. The molecule has 11 nitrogen and oxygen atoms in total. The van der Waals surface area contributed by atoms with E-state index in [1.807, 2.05) is 18.2 Å². The maximum atomic E-state index is 12.0. The molecule has 0 atom stereocenters. The van der Waals surface area contributed by atoms with Crippen LogP contribution < -0.4 is 20.9 Å². The molecule has 11 heteroatoms. The molecule has 1 amide bonds.